The van der Waals surface area contributed by atoms with E-state index in [0.29, 0.717) is 23.4 Å². The van der Waals surface area contributed by atoms with Crippen LogP contribution in [-0.4, -0.2) is 56.9 Å². The number of aliphatic hydroxyl groups excluding tert-OH is 1. The summed E-state index contributed by atoms with van der Waals surface area (Å²) in [7, 11) is 0. The first-order valence-electron chi connectivity index (χ1n) is 13.2. The van der Waals surface area contributed by atoms with Crippen molar-refractivity contribution >= 4 is 23.8 Å². The van der Waals surface area contributed by atoms with Gasteiger partial charge < -0.3 is 15.3 Å². The molecule has 2 aliphatic rings. The summed E-state index contributed by atoms with van der Waals surface area (Å²) >= 11 is 0. The fourth-order valence-electron chi connectivity index (χ4n) is 5.24. The Morgan fingerprint density at radius 2 is 1.49 bits per heavy atom. The molecule has 3 aromatic carbocycles. The number of amides is 3. The highest BCUT2D eigenvalue weighted by molar-refractivity contribution is 6.21. The smallest absolute Gasteiger partial charge is 0.267 e. The summed E-state index contributed by atoms with van der Waals surface area (Å²) < 4.78 is 0. The van der Waals surface area contributed by atoms with E-state index in [1.165, 1.54) is 4.90 Å². The Bertz CT molecular complexity index is 1410. The van der Waals surface area contributed by atoms with E-state index in [9.17, 15) is 19.5 Å². The summed E-state index contributed by atoms with van der Waals surface area (Å²) in [4.78, 5) is 43.3. The molecule has 0 fully saturated rings. The maximum absolute atomic E-state index is 13.4. The molecule has 2 aliphatic heterocycles. The van der Waals surface area contributed by atoms with E-state index in [0.717, 1.165) is 16.7 Å². The number of β-amino-alcohol motifs (C(OH)–C–C–N with tert-alkyl or cyclic N) is 1. The van der Waals surface area contributed by atoms with Crippen LogP contribution in [0, 0.1) is 0 Å². The third-order valence-corrected chi connectivity index (χ3v) is 7.07. The lowest BCUT2D eigenvalue weighted by molar-refractivity contribution is -0.120. The molecule has 200 valence electrons. The fourth-order valence-corrected chi connectivity index (χ4v) is 5.24. The molecule has 0 spiro atoms. The first kappa shape index (κ1) is 26.4. The molecule has 39 heavy (non-hydrogen) atoms. The molecule has 5 rings (SSSR count). The summed E-state index contributed by atoms with van der Waals surface area (Å²) in [5.74, 6) is -1.08. The van der Waals surface area contributed by atoms with E-state index in [1.54, 1.807) is 24.3 Å². The van der Waals surface area contributed by atoms with Gasteiger partial charge in [-0.05, 0) is 62.1 Å². The minimum Gasteiger partial charge on any atom is -0.389 e. The van der Waals surface area contributed by atoms with E-state index in [1.807, 2.05) is 86.3 Å². The number of rotatable bonds is 7. The molecule has 0 saturated carbocycles. The number of aliphatic hydroxyl groups is 1. The van der Waals surface area contributed by atoms with Crippen molar-refractivity contribution in [3.63, 3.8) is 0 Å². The van der Waals surface area contributed by atoms with Crippen molar-refractivity contribution in [1.29, 1.82) is 0 Å². The molecule has 0 aromatic heterocycles. The van der Waals surface area contributed by atoms with Gasteiger partial charge in [-0.3, -0.25) is 19.3 Å². The molecule has 7 nitrogen and oxygen atoms in total. The van der Waals surface area contributed by atoms with Gasteiger partial charge in [0.1, 0.15) is 5.70 Å². The van der Waals surface area contributed by atoms with Gasteiger partial charge >= 0.3 is 0 Å². The number of hydrogen-bond donors (Lipinski definition) is 2. The van der Waals surface area contributed by atoms with Crippen molar-refractivity contribution < 1.29 is 19.5 Å². The molecule has 0 aliphatic carbocycles. The SMILES string of the molecule is CC(C)(C)NC(=O)C1=Cc2ccccc2CN1C[C@@H](O)[C@H](Cc1ccccc1)N1C(=O)c2ccccc2C1=O. The van der Waals surface area contributed by atoms with Crippen LogP contribution in [0.25, 0.3) is 6.08 Å². The average Bonchev–Trinajstić information content (AvgIpc) is 3.16. The van der Waals surface area contributed by atoms with Crippen LogP contribution in [0.5, 0.6) is 0 Å². The maximum atomic E-state index is 13.4. The van der Waals surface area contributed by atoms with Crippen molar-refractivity contribution in [3.8, 4) is 0 Å². The summed E-state index contributed by atoms with van der Waals surface area (Å²) in [5, 5.41) is 14.8. The number of nitrogens with one attached hydrogen (secondary N) is 1. The fraction of sp³-hybridized carbons (Fsp3) is 0.281. The number of nitrogens with zero attached hydrogens (tertiary/aromatic N) is 2. The van der Waals surface area contributed by atoms with Crippen molar-refractivity contribution in [1.82, 2.24) is 15.1 Å². The van der Waals surface area contributed by atoms with Crippen LogP contribution < -0.4 is 5.32 Å². The van der Waals surface area contributed by atoms with Gasteiger partial charge in [-0.25, -0.2) is 0 Å². The van der Waals surface area contributed by atoms with Gasteiger partial charge in [0.25, 0.3) is 17.7 Å². The van der Waals surface area contributed by atoms with E-state index in [2.05, 4.69) is 5.32 Å². The van der Waals surface area contributed by atoms with Crippen LogP contribution in [0.1, 0.15) is 58.2 Å². The van der Waals surface area contributed by atoms with Gasteiger partial charge in [0, 0.05) is 18.6 Å². The largest absolute Gasteiger partial charge is 0.389 e. The molecular formula is C32H33N3O4. The molecule has 2 N–H and O–H groups in total. The van der Waals surface area contributed by atoms with Crippen molar-refractivity contribution in [3.05, 3.63) is 112 Å². The Kier molecular flexibility index (Phi) is 7.10. The Morgan fingerprint density at radius 1 is 0.897 bits per heavy atom. The minimum absolute atomic E-state index is 0.0582. The molecule has 3 aromatic rings. The monoisotopic (exact) mass is 523 g/mol. The zero-order valence-corrected chi connectivity index (χ0v) is 22.4. The highest BCUT2D eigenvalue weighted by atomic mass is 16.3. The zero-order valence-electron chi connectivity index (χ0n) is 22.4. The van der Waals surface area contributed by atoms with Gasteiger partial charge in [0.05, 0.1) is 23.3 Å². The predicted molar refractivity (Wildman–Crippen MR) is 150 cm³/mol. The predicted octanol–water partition coefficient (Wildman–Crippen LogP) is 4.03. The molecule has 0 radical (unpaired) electrons. The molecule has 3 amide bonds. The summed E-state index contributed by atoms with van der Waals surface area (Å²) in [6.07, 6.45) is 0.995. The van der Waals surface area contributed by atoms with Crippen molar-refractivity contribution in [2.24, 2.45) is 0 Å². The van der Waals surface area contributed by atoms with Gasteiger partial charge in [0.15, 0.2) is 0 Å². The molecule has 0 unspecified atom stereocenters. The maximum Gasteiger partial charge on any atom is 0.267 e. The van der Waals surface area contributed by atoms with Gasteiger partial charge in [-0.1, -0.05) is 66.7 Å². The normalized spacial score (nSPS) is 16.4. The lowest BCUT2D eigenvalue weighted by Crippen LogP contribution is -2.53. The quantitative estimate of drug-likeness (QED) is 0.457. The standard InChI is InChI=1S/C32H33N3O4/c1-32(2,3)33-29(37)27-18-22-13-7-8-14-23(22)19-34(27)20-28(36)26(17-21-11-5-4-6-12-21)35-30(38)24-15-9-10-16-25(24)31(35)39/h4-16,18,26,28,36H,17,19-20H2,1-3H3,(H,33,37)/t26-,28+/m0/s1. The van der Waals surface area contributed by atoms with Crippen LogP contribution >= 0.6 is 0 Å². The van der Waals surface area contributed by atoms with Gasteiger partial charge in [-0.15, -0.1) is 0 Å². The third kappa shape index (κ3) is 5.49. The summed E-state index contributed by atoms with van der Waals surface area (Å²) in [6.45, 7) is 6.22. The number of imide groups is 1. The summed E-state index contributed by atoms with van der Waals surface area (Å²) in [5.41, 5.74) is 3.53. The number of benzene rings is 3. The second kappa shape index (κ2) is 10.5. The topological polar surface area (TPSA) is 90.0 Å². The molecule has 0 bridgehead atoms. The van der Waals surface area contributed by atoms with Crippen LogP contribution in [-0.2, 0) is 17.8 Å². The molecule has 2 heterocycles. The Morgan fingerprint density at radius 3 is 2.13 bits per heavy atom. The van der Waals surface area contributed by atoms with Crippen LogP contribution in [0.2, 0.25) is 0 Å². The summed E-state index contributed by atoms with van der Waals surface area (Å²) in [6, 6.07) is 23.2. The lowest BCUT2D eigenvalue weighted by Gasteiger charge is -2.37. The highest BCUT2D eigenvalue weighted by Crippen LogP contribution is 2.30. The Balaban J connectivity index is 1.48. The number of fused-ring (bicyclic) bond motifs is 2. The van der Waals surface area contributed by atoms with E-state index < -0.39 is 29.5 Å². The van der Waals surface area contributed by atoms with Crippen molar-refractivity contribution in [2.75, 3.05) is 6.54 Å². The molecule has 2 atom stereocenters. The zero-order chi connectivity index (χ0) is 27.7. The highest BCUT2D eigenvalue weighted by Gasteiger charge is 2.43. The Hall–Kier alpha value is -4.23. The van der Waals surface area contributed by atoms with Crippen molar-refractivity contribution in [2.45, 2.75) is 51.4 Å². The van der Waals surface area contributed by atoms with E-state index >= 15 is 0 Å². The number of carbonyl (C=O) groups is 3. The van der Waals surface area contributed by atoms with E-state index in [-0.39, 0.29) is 18.9 Å². The second-order valence-electron chi connectivity index (χ2n) is 11.2. The van der Waals surface area contributed by atoms with Crippen LogP contribution in [0.15, 0.2) is 84.6 Å². The van der Waals surface area contributed by atoms with Gasteiger partial charge in [-0.2, -0.15) is 0 Å². The first-order valence-corrected chi connectivity index (χ1v) is 13.2. The molecule has 0 saturated heterocycles. The number of hydrogen-bond acceptors (Lipinski definition) is 5. The molecule has 7 heteroatoms. The Labute approximate surface area is 228 Å². The lowest BCUT2D eigenvalue weighted by atomic mass is 9.96. The average molecular weight is 524 g/mol. The minimum atomic E-state index is -1.12. The van der Waals surface area contributed by atoms with E-state index in [4.69, 9.17) is 0 Å². The molecular weight excluding hydrogens is 490 g/mol. The van der Waals surface area contributed by atoms with Crippen LogP contribution in [0.4, 0.5) is 0 Å². The number of carbonyl (C=O) groups excluding carboxylic acids is 3. The second-order valence-corrected chi connectivity index (χ2v) is 11.2. The third-order valence-electron chi connectivity index (χ3n) is 7.07. The van der Waals surface area contributed by atoms with Gasteiger partial charge in [0.2, 0.25) is 0 Å². The van der Waals surface area contributed by atoms with Crippen LogP contribution in [0.3, 0.4) is 0 Å². The first-order chi connectivity index (χ1) is 18.6.